The first-order valence-electron chi connectivity index (χ1n) is 9.28. The molecule has 0 bridgehead atoms. The molecule has 0 atom stereocenters. The summed E-state index contributed by atoms with van der Waals surface area (Å²) in [6.07, 6.45) is 3.85. The maximum atomic E-state index is 13.8. The van der Waals surface area contributed by atoms with Gasteiger partial charge in [-0.2, -0.15) is 5.10 Å². The van der Waals surface area contributed by atoms with Crippen molar-refractivity contribution in [1.82, 2.24) is 15.2 Å². The minimum atomic E-state index is -3.82. The van der Waals surface area contributed by atoms with Gasteiger partial charge in [0.2, 0.25) is 9.84 Å². The van der Waals surface area contributed by atoms with E-state index in [-0.39, 0.29) is 27.6 Å². The van der Waals surface area contributed by atoms with E-state index in [1.165, 1.54) is 43.5 Å². The first kappa shape index (κ1) is 19.9. The van der Waals surface area contributed by atoms with Gasteiger partial charge in [0.25, 0.3) is 0 Å². The average molecular weight is 423 g/mol. The van der Waals surface area contributed by atoms with Crippen molar-refractivity contribution in [3.8, 4) is 0 Å². The number of pyridine rings is 1. The van der Waals surface area contributed by atoms with E-state index in [9.17, 15) is 17.6 Å². The third kappa shape index (κ3) is 3.73. The normalized spacial score (nSPS) is 11.7. The average Bonchev–Trinajstić information content (AvgIpc) is 3.22. The Kier molecular flexibility index (Phi) is 5.17. The van der Waals surface area contributed by atoms with E-state index in [2.05, 4.69) is 15.2 Å². The summed E-state index contributed by atoms with van der Waals surface area (Å²) in [7, 11) is -3.82. The van der Waals surface area contributed by atoms with Crippen LogP contribution in [0.4, 0.5) is 4.39 Å². The first-order valence-corrected chi connectivity index (χ1v) is 10.8. The summed E-state index contributed by atoms with van der Waals surface area (Å²) in [6.45, 7) is 1.44. The highest BCUT2D eigenvalue weighted by Crippen LogP contribution is 2.25. The van der Waals surface area contributed by atoms with Gasteiger partial charge >= 0.3 is 0 Å². The van der Waals surface area contributed by atoms with Gasteiger partial charge in [-0.15, -0.1) is 0 Å². The van der Waals surface area contributed by atoms with Crippen LogP contribution in [0, 0.1) is 12.7 Å². The van der Waals surface area contributed by atoms with E-state index in [0.717, 1.165) is 10.9 Å². The molecule has 0 fully saturated rings. The number of hydrogen-bond acceptors (Lipinski definition) is 5. The molecule has 1 N–H and O–H groups in total. The number of aryl methyl sites for hydroxylation is 1. The molecule has 0 radical (unpaired) electrons. The Morgan fingerprint density at radius 3 is 2.63 bits per heavy atom. The molecule has 4 rings (SSSR count). The van der Waals surface area contributed by atoms with E-state index in [4.69, 9.17) is 0 Å². The SMILES string of the molecule is Cc1c(F)cccc1S(=O)(=O)c1ccc(CCC(=O)c2cnc3[nH]ncc3c2)cc1. The lowest BCUT2D eigenvalue weighted by atomic mass is 10.0. The molecule has 152 valence electrons. The predicted octanol–water partition coefficient (Wildman–Crippen LogP) is 4.05. The largest absolute Gasteiger partial charge is 0.294 e. The minimum Gasteiger partial charge on any atom is -0.294 e. The van der Waals surface area contributed by atoms with Gasteiger partial charge in [0.15, 0.2) is 11.4 Å². The van der Waals surface area contributed by atoms with Crippen molar-refractivity contribution in [1.29, 1.82) is 0 Å². The molecule has 4 aromatic rings. The van der Waals surface area contributed by atoms with Gasteiger partial charge in [-0.3, -0.25) is 9.89 Å². The summed E-state index contributed by atoms with van der Waals surface area (Å²) in [5.41, 5.74) is 2.05. The number of nitrogens with zero attached hydrogens (tertiary/aromatic N) is 2. The van der Waals surface area contributed by atoms with Gasteiger partial charge in [0, 0.05) is 29.1 Å². The second-order valence-electron chi connectivity index (χ2n) is 6.97. The highest BCUT2D eigenvalue weighted by atomic mass is 32.2. The zero-order valence-electron chi connectivity index (χ0n) is 16.1. The van der Waals surface area contributed by atoms with Gasteiger partial charge in [-0.25, -0.2) is 17.8 Å². The lowest BCUT2D eigenvalue weighted by Gasteiger charge is -2.09. The fraction of sp³-hybridized carbons (Fsp3) is 0.136. The summed E-state index contributed by atoms with van der Waals surface area (Å²) < 4.78 is 39.4. The molecule has 2 aromatic carbocycles. The fourth-order valence-electron chi connectivity index (χ4n) is 3.23. The number of H-pyrrole nitrogens is 1. The number of fused-ring (bicyclic) bond motifs is 1. The zero-order chi connectivity index (χ0) is 21.3. The van der Waals surface area contributed by atoms with Crippen LogP contribution in [0.3, 0.4) is 0 Å². The Morgan fingerprint density at radius 1 is 1.10 bits per heavy atom. The number of halogens is 1. The van der Waals surface area contributed by atoms with Crippen molar-refractivity contribution in [2.24, 2.45) is 0 Å². The Hall–Kier alpha value is -3.39. The van der Waals surface area contributed by atoms with Crippen molar-refractivity contribution in [3.05, 3.63) is 83.4 Å². The van der Waals surface area contributed by atoms with Gasteiger partial charge in [0.1, 0.15) is 5.82 Å². The molecule has 0 aliphatic rings. The number of hydrogen-bond donors (Lipinski definition) is 1. The molecule has 0 amide bonds. The number of sulfone groups is 1. The molecular weight excluding hydrogens is 405 g/mol. The number of aromatic amines is 1. The van der Waals surface area contributed by atoms with Crippen LogP contribution in [0.15, 0.2) is 70.7 Å². The summed E-state index contributed by atoms with van der Waals surface area (Å²) in [5.74, 6) is -0.619. The minimum absolute atomic E-state index is 0.0485. The number of rotatable bonds is 6. The van der Waals surface area contributed by atoms with Gasteiger partial charge in [-0.05, 0) is 49.2 Å². The zero-order valence-corrected chi connectivity index (χ0v) is 16.9. The molecule has 0 aliphatic heterocycles. The Bertz CT molecular complexity index is 1350. The summed E-state index contributed by atoms with van der Waals surface area (Å²) >= 11 is 0. The number of benzene rings is 2. The number of carbonyl (C=O) groups is 1. The second-order valence-corrected chi connectivity index (χ2v) is 8.88. The van der Waals surface area contributed by atoms with Crippen LogP contribution in [0.1, 0.15) is 27.9 Å². The summed E-state index contributed by atoms with van der Waals surface area (Å²) in [6, 6.07) is 12.1. The summed E-state index contributed by atoms with van der Waals surface area (Å²) in [4.78, 5) is 16.7. The second kappa shape index (κ2) is 7.79. The lowest BCUT2D eigenvalue weighted by molar-refractivity contribution is 0.0982. The quantitative estimate of drug-likeness (QED) is 0.472. The number of ketones is 1. The maximum Gasteiger partial charge on any atom is 0.206 e. The molecule has 0 saturated heterocycles. The first-order chi connectivity index (χ1) is 14.4. The third-order valence-electron chi connectivity index (χ3n) is 5.00. The Morgan fingerprint density at radius 2 is 1.87 bits per heavy atom. The van der Waals surface area contributed by atoms with E-state index in [1.807, 2.05) is 0 Å². The molecule has 2 heterocycles. The third-order valence-corrected chi connectivity index (χ3v) is 6.91. The molecule has 8 heteroatoms. The molecule has 0 spiro atoms. The number of carbonyl (C=O) groups excluding carboxylic acids is 1. The van der Waals surface area contributed by atoms with Crippen molar-refractivity contribution in [2.75, 3.05) is 0 Å². The molecule has 6 nitrogen and oxygen atoms in total. The van der Waals surface area contributed by atoms with E-state index in [1.54, 1.807) is 24.4 Å². The van der Waals surface area contributed by atoms with Crippen molar-refractivity contribution in [3.63, 3.8) is 0 Å². The standard InChI is InChI=1S/C22H18FN3O3S/c1-14-19(23)3-2-4-21(14)30(28,29)18-8-5-15(6-9-18)7-10-20(27)16-11-17-13-25-26-22(17)24-12-16/h2-6,8-9,11-13H,7,10H2,1H3,(H,24,25,26). The Labute approximate surface area is 172 Å². The molecule has 0 saturated carbocycles. The number of Topliss-reactive ketones (excluding diaryl/α,β-unsaturated/α-hetero) is 1. The molecule has 30 heavy (non-hydrogen) atoms. The van der Waals surface area contributed by atoms with E-state index in [0.29, 0.717) is 17.6 Å². The van der Waals surface area contributed by atoms with Crippen LogP contribution < -0.4 is 0 Å². The monoisotopic (exact) mass is 423 g/mol. The van der Waals surface area contributed by atoms with Crippen LogP contribution in [-0.4, -0.2) is 29.4 Å². The topological polar surface area (TPSA) is 92.8 Å². The molecule has 0 unspecified atom stereocenters. The Balaban J connectivity index is 1.48. The van der Waals surface area contributed by atoms with Gasteiger partial charge in [0.05, 0.1) is 16.0 Å². The van der Waals surface area contributed by atoms with Crippen LogP contribution >= 0.6 is 0 Å². The maximum absolute atomic E-state index is 13.8. The smallest absolute Gasteiger partial charge is 0.206 e. The highest BCUT2D eigenvalue weighted by molar-refractivity contribution is 7.91. The van der Waals surface area contributed by atoms with Crippen LogP contribution in [0.2, 0.25) is 0 Å². The van der Waals surface area contributed by atoms with Crippen molar-refractivity contribution < 1.29 is 17.6 Å². The van der Waals surface area contributed by atoms with Gasteiger partial charge in [-0.1, -0.05) is 18.2 Å². The fourth-order valence-corrected chi connectivity index (χ4v) is 4.74. The van der Waals surface area contributed by atoms with Crippen molar-refractivity contribution >= 4 is 26.7 Å². The van der Waals surface area contributed by atoms with Crippen LogP contribution in [0.5, 0.6) is 0 Å². The molecule has 2 aromatic heterocycles. The van der Waals surface area contributed by atoms with E-state index >= 15 is 0 Å². The van der Waals surface area contributed by atoms with Crippen LogP contribution in [-0.2, 0) is 16.3 Å². The molecular formula is C22H18FN3O3S. The number of nitrogens with one attached hydrogen (secondary N) is 1. The predicted molar refractivity (Wildman–Crippen MR) is 110 cm³/mol. The summed E-state index contributed by atoms with van der Waals surface area (Å²) in [5, 5.41) is 7.39. The van der Waals surface area contributed by atoms with Gasteiger partial charge < -0.3 is 0 Å². The lowest BCUT2D eigenvalue weighted by Crippen LogP contribution is -2.06. The molecule has 0 aliphatic carbocycles. The van der Waals surface area contributed by atoms with E-state index < -0.39 is 15.7 Å². The highest BCUT2D eigenvalue weighted by Gasteiger charge is 2.21. The van der Waals surface area contributed by atoms with Crippen molar-refractivity contribution in [2.45, 2.75) is 29.6 Å². The number of aromatic nitrogens is 3. The van der Waals surface area contributed by atoms with Crippen LogP contribution in [0.25, 0.3) is 11.0 Å².